The van der Waals surface area contributed by atoms with Gasteiger partial charge in [-0.15, -0.1) is 0 Å². The summed E-state index contributed by atoms with van der Waals surface area (Å²) in [6.45, 7) is 0.649. The second kappa shape index (κ2) is 4.70. The molecular formula is C11H14ClN5O. The van der Waals surface area contributed by atoms with Gasteiger partial charge in [-0.05, 0) is 30.9 Å². The first-order chi connectivity index (χ1) is 8.79. The Hall–Kier alpha value is -1.40. The molecule has 2 aromatic rings. The monoisotopic (exact) mass is 267 g/mol. The lowest BCUT2D eigenvalue weighted by Crippen LogP contribution is -2.42. The molecule has 0 aromatic carbocycles. The van der Waals surface area contributed by atoms with E-state index >= 15 is 0 Å². The molecule has 0 atom stereocenters. The molecule has 0 unspecified atom stereocenters. The van der Waals surface area contributed by atoms with Crippen LogP contribution in [0.5, 0.6) is 0 Å². The minimum atomic E-state index is 0.0947. The van der Waals surface area contributed by atoms with Gasteiger partial charge >= 0.3 is 0 Å². The number of nitrogens with one attached hydrogen (secondary N) is 1. The van der Waals surface area contributed by atoms with E-state index in [1.54, 1.807) is 6.20 Å². The maximum atomic E-state index is 9.22. The molecule has 2 heterocycles. The van der Waals surface area contributed by atoms with Crippen LogP contribution < -0.4 is 4.90 Å². The number of halogens is 1. The van der Waals surface area contributed by atoms with Crippen molar-refractivity contribution in [2.24, 2.45) is 0 Å². The summed E-state index contributed by atoms with van der Waals surface area (Å²) in [6.07, 6.45) is 5.17. The predicted octanol–water partition coefficient (Wildman–Crippen LogP) is 1.36. The summed E-state index contributed by atoms with van der Waals surface area (Å²) < 4.78 is 0. The minimum Gasteiger partial charge on any atom is -0.395 e. The lowest BCUT2D eigenvalue weighted by Gasteiger charge is -2.38. The number of aromatic nitrogens is 4. The van der Waals surface area contributed by atoms with Gasteiger partial charge in [-0.25, -0.2) is 0 Å². The van der Waals surface area contributed by atoms with Crippen molar-refractivity contribution in [3.63, 3.8) is 0 Å². The van der Waals surface area contributed by atoms with Crippen molar-refractivity contribution in [1.82, 2.24) is 20.2 Å². The van der Waals surface area contributed by atoms with Gasteiger partial charge in [-0.2, -0.15) is 15.1 Å². The summed E-state index contributed by atoms with van der Waals surface area (Å²) in [6, 6.07) is 0.432. The summed E-state index contributed by atoms with van der Waals surface area (Å²) in [5.41, 5.74) is 0.632. The normalized spacial score (nSPS) is 15.9. The second-order valence-electron chi connectivity index (χ2n) is 4.45. The van der Waals surface area contributed by atoms with Crippen molar-refractivity contribution in [3.05, 3.63) is 11.5 Å². The summed E-state index contributed by atoms with van der Waals surface area (Å²) in [5.74, 6) is 0.762. The van der Waals surface area contributed by atoms with Crippen LogP contribution >= 0.6 is 11.6 Å². The molecular weight excluding hydrogens is 254 g/mol. The van der Waals surface area contributed by atoms with Crippen molar-refractivity contribution < 1.29 is 5.11 Å². The zero-order valence-corrected chi connectivity index (χ0v) is 10.6. The number of hydrogen-bond acceptors (Lipinski definition) is 5. The smallest absolute Gasteiger partial charge is 0.226 e. The van der Waals surface area contributed by atoms with Crippen LogP contribution in [0.2, 0.25) is 5.28 Å². The van der Waals surface area contributed by atoms with E-state index in [1.807, 2.05) is 0 Å². The molecule has 18 heavy (non-hydrogen) atoms. The summed E-state index contributed by atoms with van der Waals surface area (Å²) >= 11 is 5.93. The van der Waals surface area contributed by atoms with Gasteiger partial charge in [0, 0.05) is 12.6 Å². The quantitative estimate of drug-likeness (QED) is 0.818. The lowest BCUT2D eigenvalue weighted by atomic mass is 9.91. The molecule has 7 heteroatoms. The summed E-state index contributed by atoms with van der Waals surface area (Å²) in [4.78, 5) is 10.5. The number of nitrogens with zero attached hydrogens (tertiary/aromatic N) is 4. The van der Waals surface area contributed by atoms with E-state index in [0.29, 0.717) is 18.2 Å². The van der Waals surface area contributed by atoms with E-state index in [4.69, 9.17) is 11.6 Å². The fraction of sp³-hybridized carbons (Fsp3) is 0.545. The highest BCUT2D eigenvalue weighted by Gasteiger charge is 2.27. The van der Waals surface area contributed by atoms with E-state index in [1.165, 1.54) is 6.42 Å². The van der Waals surface area contributed by atoms with E-state index in [9.17, 15) is 5.11 Å². The number of anilines is 1. The third-order valence-electron chi connectivity index (χ3n) is 3.39. The molecule has 6 nitrogen and oxygen atoms in total. The first-order valence-electron chi connectivity index (χ1n) is 6.03. The lowest BCUT2D eigenvalue weighted by molar-refractivity contribution is 0.283. The van der Waals surface area contributed by atoms with Gasteiger partial charge in [0.15, 0.2) is 5.65 Å². The molecule has 3 rings (SSSR count). The summed E-state index contributed by atoms with van der Waals surface area (Å²) in [7, 11) is 0. The van der Waals surface area contributed by atoms with E-state index in [2.05, 4.69) is 25.1 Å². The van der Waals surface area contributed by atoms with Crippen molar-refractivity contribution in [1.29, 1.82) is 0 Å². The Kier molecular flexibility index (Phi) is 3.05. The van der Waals surface area contributed by atoms with E-state index in [0.717, 1.165) is 24.0 Å². The zero-order chi connectivity index (χ0) is 12.5. The Morgan fingerprint density at radius 1 is 1.44 bits per heavy atom. The predicted molar refractivity (Wildman–Crippen MR) is 68.8 cm³/mol. The maximum absolute atomic E-state index is 9.22. The van der Waals surface area contributed by atoms with Crippen molar-refractivity contribution >= 4 is 28.5 Å². The van der Waals surface area contributed by atoms with E-state index < -0.39 is 0 Å². The molecule has 1 fully saturated rings. The first kappa shape index (κ1) is 11.7. The molecule has 0 saturated heterocycles. The van der Waals surface area contributed by atoms with Crippen LogP contribution in [-0.2, 0) is 0 Å². The van der Waals surface area contributed by atoms with Crippen LogP contribution in [0.3, 0.4) is 0 Å². The standard InChI is InChI=1S/C11H14ClN5O/c12-11-14-9-8(6-13-16-9)10(15-11)17(4-5-18)7-2-1-3-7/h6-7,18H,1-5H2,(H,13,14,15,16). The average Bonchev–Trinajstić information content (AvgIpc) is 2.72. The van der Waals surface area contributed by atoms with E-state index in [-0.39, 0.29) is 11.9 Å². The van der Waals surface area contributed by atoms with Gasteiger partial charge < -0.3 is 10.0 Å². The Labute approximate surface area is 109 Å². The van der Waals surface area contributed by atoms with Crippen molar-refractivity contribution in [2.75, 3.05) is 18.1 Å². The van der Waals surface area contributed by atoms with Crippen molar-refractivity contribution in [2.45, 2.75) is 25.3 Å². The van der Waals surface area contributed by atoms with Crippen LogP contribution in [0.4, 0.5) is 5.82 Å². The molecule has 0 radical (unpaired) electrons. The van der Waals surface area contributed by atoms with Gasteiger partial charge in [0.1, 0.15) is 5.82 Å². The number of H-pyrrole nitrogens is 1. The highest BCUT2D eigenvalue weighted by atomic mass is 35.5. The van der Waals surface area contributed by atoms with Crippen LogP contribution in [0.15, 0.2) is 6.20 Å². The molecule has 1 aliphatic carbocycles. The van der Waals surface area contributed by atoms with Crippen LogP contribution in [0.25, 0.3) is 11.0 Å². The summed E-state index contributed by atoms with van der Waals surface area (Å²) in [5, 5.41) is 17.0. The molecule has 2 N–H and O–H groups in total. The fourth-order valence-corrected chi connectivity index (χ4v) is 2.44. The largest absolute Gasteiger partial charge is 0.395 e. The fourth-order valence-electron chi connectivity index (χ4n) is 2.28. The van der Waals surface area contributed by atoms with Crippen LogP contribution in [0, 0.1) is 0 Å². The van der Waals surface area contributed by atoms with Crippen LogP contribution in [-0.4, -0.2) is 44.5 Å². The third kappa shape index (κ3) is 1.91. The third-order valence-corrected chi connectivity index (χ3v) is 3.56. The molecule has 1 aliphatic rings. The minimum absolute atomic E-state index is 0.0947. The number of hydrogen-bond donors (Lipinski definition) is 2. The topological polar surface area (TPSA) is 77.9 Å². The molecule has 1 saturated carbocycles. The number of rotatable bonds is 4. The second-order valence-corrected chi connectivity index (χ2v) is 4.79. The Morgan fingerprint density at radius 3 is 2.94 bits per heavy atom. The van der Waals surface area contributed by atoms with Crippen LogP contribution in [0.1, 0.15) is 19.3 Å². The Balaban J connectivity index is 2.06. The molecule has 0 amide bonds. The molecule has 0 aliphatic heterocycles. The van der Waals surface area contributed by atoms with Gasteiger partial charge in [0.05, 0.1) is 18.2 Å². The van der Waals surface area contributed by atoms with Crippen molar-refractivity contribution in [3.8, 4) is 0 Å². The Morgan fingerprint density at radius 2 is 2.28 bits per heavy atom. The molecule has 0 spiro atoms. The molecule has 96 valence electrons. The average molecular weight is 268 g/mol. The zero-order valence-electron chi connectivity index (χ0n) is 9.80. The molecule has 0 bridgehead atoms. The van der Waals surface area contributed by atoms with Gasteiger partial charge in [-0.1, -0.05) is 0 Å². The first-order valence-corrected chi connectivity index (χ1v) is 6.41. The molecule has 2 aromatic heterocycles. The van der Waals surface area contributed by atoms with Gasteiger partial charge in [0.2, 0.25) is 5.28 Å². The number of aromatic amines is 1. The number of aliphatic hydroxyl groups is 1. The maximum Gasteiger partial charge on any atom is 0.226 e. The number of aliphatic hydroxyl groups excluding tert-OH is 1. The highest BCUT2D eigenvalue weighted by Crippen LogP contribution is 2.32. The highest BCUT2D eigenvalue weighted by molar-refractivity contribution is 6.28. The SMILES string of the molecule is OCCN(c1nc(Cl)nc2[nH]ncc12)C1CCC1. The Bertz CT molecular complexity index is 553. The van der Waals surface area contributed by atoms with Gasteiger partial charge in [0.25, 0.3) is 0 Å². The van der Waals surface area contributed by atoms with Gasteiger partial charge in [-0.3, -0.25) is 5.10 Å². The number of fused-ring (bicyclic) bond motifs is 1.